The summed E-state index contributed by atoms with van der Waals surface area (Å²) in [6.45, 7) is 7.15. The Balaban J connectivity index is 1.29. The first-order chi connectivity index (χ1) is 19.2. The van der Waals surface area contributed by atoms with Crippen molar-refractivity contribution in [1.82, 2.24) is 24.6 Å². The van der Waals surface area contributed by atoms with Gasteiger partial charge in [0.15, 0.2) is 11.6 Å². The number of rotatable bonds is 6. The lowest BCUT2D eigenvalue weighted by molar-refractivity contribution is -0.137. The molecule has 1 unspecified atom stereocenters. The first kappa shape index (κ1) is 27.8. The Morgan fingerprint density at radius 3 is 2.55 bits per heavy atom. The maximum atomic E-state index is 13.1. The van der Waals surface area contributed by atoms with Crippen LogP contribution in [0, 0.1) is 13.8 Å². The number of hydrogen-bond donors (Lipinski definition) is 1. The summed E-state index contributed by atoms with van der Waals surface area (Å²) in [5.41, 5.74) is 3.34. The van der Waals surface area contributed by atoms with Crippen molar-refractivity contribution < 1.29 is 27.4 Å². The molecule has 1 aliphatic heterocycles. The van der Waals surface area contributed by atoms with Crippen molar-refractivity contribution in [2.45, 2.75) is 45.3 Å². The van der Waals surface area contributed by atoms with Crippen LogP contribution >= 0.6 is 0 Å². The Morgan fingerprint density at radius 2 is 1.90 bits per heavy atom. The minimum atomic E-state index is -4.57. The van der Waals surface area contributed by atoms with Crippen LogP contribution in [-0.2, 0) is 10.9 Å². The molecule has 1 amide bonds. The lowest BCUT2D eigenvalue weighted by Gasteiger charge is -2.36. The number of morpholine rings is 1. The quantitative estimate of drug-likeness (QED) is 0.465. The highest BCUT2D eigenvalue weighted by Crippen LogP contribution is 2.34. The molecule has 1 atom stereocenters. The van der Waals surface area contributed by atoms with E-state index in [-0.39, 0.29) is 17.1 Å². The molecule has 1 N–H and O–H groups in total. The molecule has 0 saturated carbocycles. The van der Waals surface area contributed by atoms with Crippen LogP contribution in [0.4, 0.5) is 18.9 Å². The van der Waals surface area contributed by atoms with E-state index in [1.807, 2.05) is 13.0 Å². The highest BCUT2D eigenvalue weighted by atomic mass is 19.4. The van der Waals surface area contributed by atoms with Gasteiger partial charge >= 0.3 is 6.18 Å². The molecular formula is C28H31F3N6O3. The minimum Gasteiger partial charge on any atom is -0.493 e. The molecule has 40 heavy (non-hydrogen) atoms. The van der Waals surface area contributed by atoms with Crippen LogP contribution in [-0.4, -0.2) is 70.0 Å². The first-order valence-corrected chi connectivity index (χ1v) is 13.1. The molecule has 3 aromatic heterocycles. The number of methoxy groups -OCH3 is 1. The number of hydrogen-bond acceptors (Lipinski definition) is 7. The number of halogens is 3. The number of amides is 1. The molecule has 0 radical (unpaired) electrons. The number of ether oxygens (including phenoxy) is 2. The summed E-state index contributed by atoms with van der Waals surface area (Å²) in [5, 5.41) is 7.03. The van der Waals surface area contributed by atoms with E-state index in [0.717, 1.165) is 62.9 Å². The number of aryl methyl sites for hydroxylation is 1. The van der Waals surface area contributed by atoms with E-state index in [1.165, 1.54) is 23.6 Å². The van der Waals surface area contributed by atoms with Crippen molar-refractivity contribution in [3.05, 3.63) is 64.9 Å². The number of nitrogens with zero attached hydrogens (tertiary/aromatic N) is 5. The third-order valence-electron chi connectivity index (χ3n) is 7.42. The molecule has 1 saturated heterocycles. The van der Waals surface area contributed by atoms with E-state index in [9.17, 15) is 18.0 Å². The predicted molar refractivity (Wildman–Crippen MR) is 143 cm³/mol. The van der Waals surface area contributed by atoms with E-state index < -0.39 is 17.6 Å². The number of aromatic nitrogens is 4. The summed E-state index contributed by atoms with van der Waals surface area (Å²) in [4.78, 5) is 24.1. The fourth-order valence-corrected chi connectivity index (χ4v) is 5.24. The lowest BCUT2D eigenvalue weighted by atomic mass is 9.90. The molecule has 4 heterocycles. The zero-order valence-electron chi connectivity index (χ0n) is 22.6. The van der Waals surface area contributed by atoms with Gasteiger partial charge in [-0.05, 0) is 56.4 Å². The van der Waals surface area contributed by atoms with Crippen LogP contribution in [0.1, 0.15) is 52.1 Å². The summed E-state index contributed by atoms with van der Waals surface area (Å²) in [6.07, 6.45) is 4.40. The zero-order chi connectivity index (χ0) is 28.4. The lowest BCUT2D eigenvalue weighted by Crippen LogP contribution is -2.43. The van der Waals surface area contributed by atoms with Crippen LogP contribution in [0.25, 0.3) is 11.4 Å². The van der Waals surface area contributed by atoms with Gasteiger partial charge in [0.2, 0.25) is 0 Å². The molecule has 0 bridgehead atoms. The van der Waals surface area contributed by atoms with Crippen molar-refractivity contribution in [3.63, 3.8) is 0 Å². The highest BCUT2D eigenvalue weighted by Gasteiger charge is 2.32. The summed E-state index contributed by atoms with van der Waals surface area (Å²) < 4.78 is 51.2. The van der Waals surface area contributed by atoms with E-state index >= 15 is 0 Å². The van der Waals surface area contributed by atoms with Gasteiger partial charge in [0.05, 0.1) is 60.9 Å². The zero-order valence-corrected chi connectivity index (χ0v) is 22.6. The number of anilines is 1. The number of nitrogens with one attached hydrogen (secondary N) is 1. The molecule has 9 nitrogen and oxygen atoms in total. The van der Waals surface area contributed by atoms with Crippen molar-refractivity contribution >= 4 is 17.2 Å². The molecule has 5 rings (SSSR count). The number of pyridine rings is 2. The normalized spacial score (nSPS) is 18.4. The summed E-state index contributed by atoms with van der Waals surface area (Å²) in [5.74, 6) is -0.490. The Kier molecular flexibility index (Phi) is 7.90. The van der Waals surface area contributed by atoms with E-state index in [1.54, 1.807) is 13.1 Å². The topological polar surface area (TPSA) is 94.4 Å². The molecule has 3 aromatic rings. The number of allylic oxidation sites excluding steroid dienone is 1. The van der Waals surface area contributed by atoms with Crippen LogP contribution in [0.2, 0.25) is 0 Å². The molecule has 0 spiro atoms. The third-order valence-corrected chi connectivity index (χ3v) is 7.42. The van der Waals surface area contributed by atoms with Crippen molar-refractivity contribution in [2.75, 3.05) is 38.7 Å². The van der Waals surface area contributed by atoms with Crippen molar-refractivity contribution in [3.8, 4) is 11.6 Å². The van der Waals surface area contributed by atoms with E-state index in [2.05, 4.69) is 31.4 Å². The van der Waals surface area contributed by atoms with Gasteiger partial charge in [-0.2, -0.15) is 18.3 Å². The maximum absolute atomic E-state index is 13.1. The Morgan fingerprint density at radius 1 is 1.12 bits per heavy atom. The standard InChI is InChI=1S/C28H31F3N6O3/c1-17-12-21(15-32-25(17)19-4-6-22(7-5-19)36-8-10-40-11-9-36)35-27(38)23-16-34-37(18(23)2)26-24(39-3)13-20(14-33-26)28(29,30)31/h4,12-16,22H,5-11H2,1-3H3,(H,35,38). The van der Waals surface area contributed by atoms with Crippen LogP contribution < -0.4 is 10.1 Å². The van der Waals surface area contributed by atoms with Gasteiger partial charge in [0.1, 0.15) is 0 Å². The Hall–Kier alpha value is -3.77. The molecule has 212 valence electrons. The fourth-order valence-electron chi connectivity index (χ4n) is 5.24. The third kappa shape index (κ3) is 5.73. The predicted octanol–water partition coefficient (Wildman–Crippen LogP) is 4.83. The van der Waals surface area contributed by atoms with E-state index in [0.29, 0.717) is 23.6 Å². The largest absolute Gasteiger partial charge is 0.493 e. The summed E-state index contributed by atoms with van der Waals surface area (Å²) >= 11 is 0. The van der Waals surface area contributed by atoms with Crippen molar-refractivity contribution in [1.29, 1.82) is 0 Å². The number of alkyl halides is 3. The highest BCUT2D eigenvalue weighted by molar-refractivity contribution is 6.05. The second-order valence-corrected chi connectivity index (χ2v) is 9.95. The molecule has 1 fully saturated rings. The summed E-state index contributed by atoms with van der Waals surface area (Å²) in [6, 6.07) is 3.27. The van der Waals surface area contributed by atoms with Crippen LogP contribution in [0.3, 0.4) is 0 Å². The number of carbonyl (C=O) groups is 1. The summed E-state index contributed by atoms with van der Waals surface area (Å²) in [7, 11) is 1.25. The molecule has 1 aliphatic carbocycles. The van der Waals surface area contributed by atoms with Gasteiger partial charge < -0.3 is 14.8 Å². The second kappa shape index (κ2) is 11.4. The molecule has 0 aromatic carbocycles. The molecular weight excluding hydrogens is 525 g/mol. The van der Waals surface area contributed by atoms with Crippen LogP contribution in [0.15, 0.2) is 36.8 Å². The molecule has 12 heteroatoms. The average Bonchev–Trinajstić information content (AvgIpc) is 3.34. The fraction of sp³-hybridized carbons (Fsp3) is 0.429. The molecule has 2 aliphatic rings. The average molecular weight is 557 g/mol. The first-order valence-electron chi connectivity index (χ1n) is 13.1. The second-order valence-electron chi connectivity index (χ2n) is 9.95. The van der Waals surface area contributed by atoms with Crippen molar-refractivity contribution in [2.24, 2.45) is 0 Å². The van der Waals surface area contributed by atoms with Gasteiger partial charge in [-0.15, -0.1) is 0 Å². The SMILES string of the molecule is COc1cc(C(F)(F)F)cnc1-n1ncc(C(=O)Nc2cnc(C3=CCC(N4CCOCC4)CC3)c(C)c2)c1C. The van der Waals surface area contributed by atoms with Gasteiger partial charge in [-0.3, -0.25) is 14.7 Å². The Labute approximate surface area is 230 Å². The number of carbonyl (C=O) groups excluding carboxylic acids is 1. The van der Waals surface area contributed by atoms with Crippen LogP contribution in [0.5, 0.6) is 5.75 Å². The van der Waals surface area contributed by atoms with Gasteiger partial charge in [-0.1, -0.05) is 6.08 Å². The van der Waals surface area contributed by atoms with Gasteiger partial charge in [-0.25, -0.2) is 9.67 Å². The van der Waals surface area contributed by atoms with Gasteiger partial charge in [0, 0.05) is 25.3 Å². The van der Waals surface area contributed by atoms with Gasteiger partial charge in [0.25, 0.3) is 5.91 Å². The minimum absolute atomic E-state index is 0.0468. The van der Waals surface area contributed by atoms with E-state index in [4.69, 9.17) is 9.47 Å². The maximum Gasteiger partial charge on any atom is 0.418 e. The smallest absolute Gasteiger partial charge is 0.418 e. The monoisotopic (exact) mass is 556 g/mol. The Bertz CT molecular complexity index is 1430.